The fraction of sp³-hybridized carbons (Fsp3) is 0.263. The second-order valence-corrected chi connectivity index (χ2v) is 5.16. The number of aryl methyl sites for hydroxylation is 2. The SMILES string of the molecule is CC(=O)c1ccccc1.Cc1ccc(CCCC(=O)O)cc1. The van der Waals surface area contributed by atoms with Gasteiger partial charge < -0.3 is 5.11 Å². The van der Waals surface area contributed by atoms with Gasteiger partial charge in [0.1, 0.15) is 0 Å². The summed E-state index contributed by atoms with van der Waals surface area (Å²) in [6.45, 7) is 3.61. The monoisotopic (exact) mass is 298 g/mol. The molecule has 116 valence electrons. The molecule has 0 aliphatic heterocycles. The minimum Gasteiger partial charge on any atom is -0.481 e. The Labute approximate surface area is 131 Å². The third kappa shape index (κ3) is 7.39. The minimum atomic E-state index is -0.716. The Kier molecular flexibility index (Phi) is 7.62. The summed E-state index contributed by atoms with van der Waals surface area (Å²) in [5.74, 6) is -0.595. The van der Waals surface area contributed by atoms with Crippen molar-refractivity contribution in [3.63, 3.8) is 0 Å². The fourth-order valence-corrected chi connectivity index (χ4v) is 1.87. The number of hydrogen-bond donors (Lipinski definition) is 1. The number of carbonyl (C=O) groups is 2. The van der Waals surface area contributed by atoms with E-state index in [0.29, 0.717) is 0 Å². The van der Waals surface area contributed by atoms with E-state index in [1.165, 1.54) is 11.1 Å². The van der Waals surface area contributed by atoms with Crippen LogP contribution in [0.15, 0.2) is 54.6 Å². The molecule has 1 N–H and O–H groups in total. The first-order valence-electron chi connectivity index (χ1n) is 7.32. The molecule has 2 rings (SSSR count). The Morgan fingerprint density at radius 2 is 1.55 bits per heavy atom. The number of rotatable bonds is 5. The topological polar surface area (TPSA) is 54.4 Å². The Balaban J connectivity index is 0.000000235. The van der Waals surface area contributed by atoms with Crippen LogP contribution in [0.3, 0.4) is 0 Å². The van der Waals surface area contributed by atoms with Gasteiger partial charge in [0, 0.05) is 12.0 Å². The van der Waals surface area contributed by atoms with Gasteiger partial charge in [-0.25, -0.2) is 0 Å². The summed E-state index contributed by atoms with van der Waals surface area (Å²) in [6.07, 6.45) is 1.83. The van der Waals surface area contributed by atoms with Crippen LogP contribution in [0.4, 0.5) is 0 Å². The molecule has 22 heavy (non-hydrogen) atoms. The lowest BCUT2D eigenvalue weighted by atomic mass is 10.1. The van der Waals surface area contributed by atoms with E-state index in [4.69, 9.17) is 5.11 Å². The van der Waals surface area contributed by atoms with E-state index in [0.717, 1.165) is 18.4 Å². The lowest BCUT2D eigenvalue weighted by Crippen LogP contribution is -1.95. The third-order valence-electron chi connectivity index (χ3n) is 3.16. The zero-order valence-electron chi connectivity index (χ0n) is 13.1. The van der Waals surface area contributed by atoms with Crippen LogP contribution in [0.2, 0.25) is 0 Å². The van der Waals surface area contributed by atoms with Crippen LogP contribution in [0.5, 0.6) is 0 Å². The second kappa shape index (κ2) is 9.50. The highest BCUT2D eigenvalue weighted by Gasteiger charge is 1.97. The predicted molar refractivity (Wildman–Crippen MR) is 88.2 cm³/mol. The van der Waals surface area contributed by atoms with Gasteiger partial charge in [0.05, 0.1) is 0 Å². The van der Waals surface area contributed by atoms with E-state index in [2.05, 4.69) is 24.3 Å². The normalized spacial score (nSPS) is 9.55. The largest absolute Gasteiger partial charge is 0.481 e. The standard InChI is InChI=1S/C11H14O2.C8H8O/c1-9-5-7-10(8-6-9)3-2-4-11(12)13;1-7(9)8-5-3-2-4-6-8/h5-8H,2-4H2,1H3,(H,12,13);2-6H,1H3. The highest BCUT2D eigenvalue weighted by molar-refractivity contribution is 5.93. The van der Waals surface area contributed by atoms with Gasteiger partial charge in [-0.2, -0.15) is 0 Å². The summed E-state index contributed by atoms with van der Waals surface area (Å²) >= 11 is 0. The summed E-state index contributed by atoms with van der Waals surface area (Å²) in [6, 6.07) is 17.4. The Morgan fingerprint density at radius 3 is 2.00 bits per heavy atom. The fourth-order valence-electron chi connectivity index (χ4n) is 1.87. The smallest absolute Gasteiger partial charge is 0.303 e. The average molecular weight is 298 g/mol. The van der Waals surface area contributed by atoms with Gasteiger partial charge in [-0.1, -0.05) is 60.2 Å². The number of aliphatic carboxylic acids is 1. The van der Waals surface area contributed by atoms with Crippen molar-refractivity contribution in [3.8, 4) is 0 Å². The lowest BCUT2D eigenvalue weighted by molar-refractivity contribution is -0.137. The molecule has 0 atom stereocenters. The predicted octanol–water partition coefficient (Wildman–Crippen LogP) is 4.29. The summed E-state index contributed by atoms with van der Waals surface area (Å²) in [7, 11) is 0. The molecule has 0 unspecified atom stereocenters. The third-order valence-corrected chi connectivity index (χ3v) is 3.16. The number of ketones is 1. The van der Waals surface area contributed by atoms with Crippen LogP contribution in [-0.4, -0.2) is 16.9 Å². The van der Waals surface area contributed by atoms with Gasteiger partial charge in [-0.15, -0.1) is 0 Å². The molecule has 0 saturated heterocycles. The molecule has 0 fully saturated rings. The van der Waals surface area contributed by atoms with E-state index >= 15 is 0 Å². The van der Waals surface area contributed by atoms with Crippen LogP contribution >= 0.6 is 0 Å². The summed E-state index contributed by atoms with van der Waals surface area (Å²) in [5.41, 5.74) is 3.23. The molecular weight excluding hydrogens is 276 g/mol. The van der Waals surface area contributed by atoms with Gasteiger partial charge in [0.25, 0.3) is 0 Å². The van der Waals surface area contributed by atoms with E-state index in [9.17, 15) is 9.59 Å². The van der Waals surface area contributed by atoms with E-state index in [1.807, 2.05) is 37.3 Å². The molecule has 3 heteroatoms. The van der Waals surface area contributed by atoms with Crippen molar-refractivity contribution in [1.29, 1.82) is 0 Å². The molecular formula is C19H22O3. The maximum Gasteiger partial charge on any atom is 0.303 e. The Bertz CT molecular complexity index is 586. The number of carbonyl (C=O) groups excluding carboxylic acids is 1. The molecule has 2 aromatic rings. The van der Waals surface area contributed by atoms with Gasteiger partial charge in [0.15, 0.2) is 5.78 Å². The first-order valence-corrected chi connectivity index (χ1v) is 7.32. The summed E-state index contributed by atoms with van der Waals surface area (Å²) in [4.78, 5) is 20.9. The molecule has 0 saturated carbocycles. The van der Waals surface area contributed by atoms with Gasteiger partial charge in [0.2, 0.25) is 0 Å². The van der Waals surface area contributed by atoms with Crippen LogP contribution in [-0.2, 0) is 11.2 Å². The first kappa shape index (κ1) is 17.6. The maximum atomic E-state index is 10.6. The van der Waals surface area contributed by atoms with E-state index in [1.54, 1.807) is 6.92 Å². The van der Waals surface area contributed by atoms with Crippen molar-refractivity contribution in [2.75, 3.05) is 0 Å². The molecule has 3 nitrogen and oxygen atoms in total. The summed E-state index contributed by atoms with van der Waals surface area (Å²) in [5, 5.41) is 8.44. The molecule has 0 bridgehead atoms. The van der Waals surface area contributed by atoms with Crippen LogP contribution < -0.4 is 0 Å². The van der Waals surface area contributed by atoms with Crippen molar-refractivity contribution < 1.29 is 14.7 Å². The van der Waals surface area contributed by atoms with Crippen molar-refractivity contribution in [2.45, 2.75) is 33.1 Å². The number of benzene rings is 2. The zero-order chi connectivity index (χ0) is 16.4. The maximum absolute atomic E-state index is 10.6. The van der Waals surface area contributed by atoms with E-state index in [-0.39, 0.29) is 12.2 Å². The van der Waals surface area contributed by atoms with Crippen LogP contribution in [0, 0.1) is 6.92 Å². The molecule has 0 radical (unpaired) electrons. The molecule has 0 spiro atoms. The Morgan fingerprint density at radius 1 is 0.955 bits per heavy atom. The number of carboxylic acids is 1. The molecule has 2 aromatic carbocycles. The first-order chi connectivity index (χ1) is 10.5. The Hall–Kier alpha value is -2.42. The molecule has 0 aromatic heterocycles. The second-order valence-electron chi connectivity index (χ2n) is 5.16. The lowest BCUT2D eigenvalue weighted by Gasteiger charge is -1.99. The van der Waals surface area contributed by atoms with Crippen LogP contribution in [0.1, 0.15) is 41.3 Å². The van der Waals surface area contributed by atoms with Gasteiger partial charge in [-0.3, -0.25) is 9.59 Å². The summed E-state index contributed by atoms with van der Waals surface area (Å²) < 4.78 is 0. The highest BCUT2D eigenvalue weighted by Crippen LogP contribution is 2.06. The minimum absolute atomic E-state index is 0.121. The van der Waals surface area contributed by atoms with Crippen LogP contribution in [0.25, 0.3) is 0 Å². The van der Waals surface area contributed by atoms with Gasteiger partial charge in [-0.05, 0) is 32.3 Å². The van der Waals surface area contributed by atoms with Crippen molar-refractivity contribution in [2.24, 2.45) is 0 Å². The molecule has 0 amide bonds. The highest BCUT2D eigenvalue weighted by atomic mass is 16.4. The van der Waals surface area contributed by atoms with Crippen molar-refractivity contribution >= 4 is 11.8 Å². The van der Waals surface area contributed by atoms with Crippen molar-refractivity contribution in [1.82, 2.24) is 0 Å². The van der Waals surface area contributed by atoms with E-state index < -0.39 is 5.97 Å². The van der Waals surface area contributed by atoms with Gasteiger partial charge >= 0.3 is 5.97 Å². The van der Waals surface area contributed by atoms with Crippen molar-refractivity contribution in [3.05, 3.63) is 71.3 Å². The molecule has 0 heterocycles. The average Bonchev–Trinajstić information content (AvgIpc) is 2.50. The number of Topliss-reactive ketones (excluding diaryl/α,β-unsaturated/α-hetero) is 1. The zero-order valence-corrected chi connectivity index (χ0v) is 13.1. The molecule has 0 aliphatic rings. The quantitative estimate of drug-likeness (QED) is 0.838. The number of hydrogen-bond acceptors (Lipinski definition) is 2. The number of carboxylic acid groups (broad SMARTS) is 1. The molecule has 0 aliphatic carbocycles.